The predicted octanol–water partition coefficient (Wildman–Crippen LogP) is 8.58. The van der Waals surface area contributed by atoms with Gasteiger partial charge < -0.3 is 39.1 Å². The van der Waals surface area contributed by atoms with Crippen LogP contribution in [-0.2, 0) is 5.79 Å². The van der Waals surface area contributed by atoms with Crippen molar-refractivity contribution in [1.82, 2.24) is 0 Å². The van der Waals surface area contributed by atoms with Crippen molar-refractivity contribution in [2.45, 2.75) is 50.4 Å². The number of phenols is 4. The van der Waals surface area contributed by atoms with E-state index in [4.69, 9.17) is 18.6 Å². The van der Waals surface area contributed by atoms with Crippen molar-refractivity contribution in [3.8, 4) is 51.6 Å². The number of furan rings is 1. The van der Waals surface area contributed by atoms with Crippen LogP contribution in [0.25, 0.3) is 28.4 Å². The number of hydrogen-bond donors (Lipinski definition) is 4. The van der Waals surface area contributed by atoms with Crippen LogP contribution in [0, 0.1) is 5.92 Å². The molecule has 0 amide bonds. The van der Waals surface area contributed by atoms with Crippen LogP contribution in [-0.4, -0.2) is 26.0 Å². The Morgan fingerprint density at radius 3 is 2.43 bits per heavy atom. The Kier molecular flexibility index (Phi) is 5.49. The molecule has 8 heteroatoms. The molecule has 4 N–H and O–H groups in total. The highest BCUT2D eigenvalue weighted by molar-refractivity contribution is 5.84. The minimum Gasteiger partial charge on any atom is -0.508 e. The Morgan fingerprint density at radius 1 is 0.787 bits per heavy atom. The fourth-order valence-corrected chi connectivity index (χ4v) is 8.01. The molecule has 0 bridgehead atoms. The molecule has 236 valence electrons. The third kappa shape index (κ3) is 4.00. The maximum atomic E-state index is 11.8. The normalized spacial score (nSPS) is 24.5. The first-order valence-corrected chi connectivity index (χ1v) is 15.7. The Hall–Kier alpha value is -5.50. The number of fused-ring (bicyclic) bond motifs is 6. The number of allylic oxidation sites excluding steroid dienone is 2. The van der Waals surface area contributed by atoms with Gasteiger partial charge in [0.15, 0.2) is 0 Å². The zero-order valence-electron chi connectivity index (χ0n) is 25.9. The number of rotatable bonds is 2. The van der Waals surface area contributed by atoms with E-state index in [2.05, 4.69) is 13.0 Å². The molecule has 1 unspecified atom stereocenters. The van der Waals surface area contributed by atoms with Crippen molar-refractivity contribution >= 4 is 17.0 Å². The maximum Gasteiger partial charge on any atom is 0.285 e. The fourth-order valence-electron chi connectivity index (χ4n) is 8.01. The number of hydrogen-bond acceptors (Lipinski definition) is 8. The van der Waals surface area contributed by atoms with E-state index in [0.29, 0.717) is 50.8 Å². The van der Waals surface area contributed by atoms with Crippen molar-refractivity contribution in [3.05, 3.63) is 107 Å². The molecule has 47 heavy (non-hydrogen) atoms. The molecule has 4 atom stereocenters. The van der Waals surface area contributed by atoms with Gasteiger partial charge in [-0.25, -0.2) is 0 Å². The molecule has 5 aromatic rings. The molecule has 3 aliphatic heterocycles. The van der Waals surface area contributed by atoms with Crippen molar-refractivity contribution in [3.63, 3.8) is 0 Å². The zero-order valence-corrected chi connectivity index (χ0v) is 25.9. The Bertz CT molecular complexity index is 2220. The van der Waals surface area contributed by atoms with Crippen molar-refractivity contribution in [2.75, 3.05) is 0 Å². The van der Waals surface area contributed by atoms with Crippen LogP contribution in [0.5, 0.6) is 40.2 Å². The van der Waals surface area contributed by atoms with Gasteiger partial charge in [0.05, 0.1) is 17.0 Å². The van der Waals surface area contributed by atoms with Gasteiger partial charge in [0.1, 0.15) is 57.2 Å². The molecule has 8 nitrogen and oxygen atoms in total. The van der Waals surface area contributed by atoms with Gasteiger partial charge in [-0.1, -0.05) is 17.7 Å². The van der Waals surface area contributed by atoms with Crippen LogP contribution in [0.3, 0.4) is 0 Å². The molecule has 1 aliphatic carbocycles. The van der Waals surface area contributed by atoms with Gasteiger partial charge in [-0.05, 0) is 93.4 Å². The second-order valence-electron chi connectivity index (χ2n) is 13.6. The summed E-state index contributed by atoms with van der Waals surface area (Å²) in [5, 5.41) is 44.1. The Labute approximate surface area is 270 Å². The predicted molar refractivity (Wildman–Crippen MR) is 175 cm³/mol. The molecule has 0 spiro atoms. The standard InChI is InChI=1S/C39H32O8/c1-19-12-26-24-7-6-23(41)18-33(24)45-39(28-8-9-29(42)25-10-11-38(2,3)47-37(25)28)36(26)27(13-19)35-30(43)14-21(16-34(35)46-39)31-15-20-4-5-22(40)17-32(20)44-31/h4-11,13-18,26-27,36,40-43H,12H2,1-3H3/t26-,27-,36?,39+/m0/s1. The first kappa shape index (κ1) is 27.8. The third-order valence-electron chi connectivity index (χ3n) is 9.99. The van der Waals surface area contributed by atoms with Crippen LogP contribution in [0.1, 0.15) is 61.3 Å². The average Bonchev–Trinajstić information content (AvgIpc) is 3.43. The van der Waals surface area contributed by atoms with E-state index in [-0.39, 0.29) is 40.8 Å². The number of phenolic OH excluding ortho intramolecular Hbond substituents is 4. The van der Waals surface area contributed by atoms with E-state index < -0.39 is 11.4 Å². The van der Waals surface area contributed by atoms with Crippen LogP contribution in [0.15, 0.2) is 88.9 Å². The van der Waals surface area contributed by atoms with Gasteiger partial charge in [-0.3, -0.25) is 0 Å². The monoisotopic (exact) mass is 628 g/mol. The molecular weight excluding hydrogens is 596 g/mol. The van der Waals surface area contributed by atoms with Crippen LogP contribution >= 0.6 is 0 Å². The average molecular weight is 629 g/mol. The van der Waals surface area contributed by atoms with E-state index in [9.17, 15) is 20.4 Å². The smallest absolute Gasteiger partial charge is 0.285 e. The first-order valence-electron chi connectivity index (χ1n) is 15.7. The minimum atomic E-state index is -1.48. The Morgan fingerprint density at radius 2 is 1.57 bits per heavy atom. The van der Waals surface area contributed by atoms with Crippen molar-refractivity contribution in [2.24, 2.45) is 5.92 Å². The number of ether oxygens (including phenoxy) is 3. The second-order valence-corrected chi connectivity index (χ2v) is 13.6. The fraction of sp³-hybridized carbons (Fsp3) is 0.231. The lowest BCUT2D eigenvalue weighted by atomic mass is 9.61. The lowest BCUT2D eigenvalue weighted by Crippen LogP contribution is -2.56. The summed E-state index contributed by atoms with van der Waals surface area (Å²) in [4.78, 5) is 0. The van der Waals surface area contributed by atoms with Crippen LogP contribution < -0.4 is 14.2 Å². The first-order chi connectivity index (χ1) is 22.5. The summed E-state index contributed by atoms with van der Waals surface area (Å²) in [7, 11) is 0. The third-order valence-corrected chi connectivity index (χ3v) is 9.99. The van der Waals surface area contributed by atoms with Crippen LogP contribution in [0.2, 0.25) is 0 Å². The minimum absolute atomic E-state index is 0.0636. The molecule has 9 rings (SSSR count). The molecule has 0 radical (unpaired) electrons. The molecule has 4 aromatic carbocycles. The second kappa shape index (κ2) is 9.28. The van der Waals surface area contributed by atoms with Gasteiger partial charge in [0, 0.05) is 40.5 Å². The summed E-state index contributed by atoms with van der Waals surface area (Å²) in [5.41, 5.74) is 4.29. The lowest BCUT2D eigenvalue weighted by molar-refractivity contribution is -0.198. The summed E-state index contributed by atoms with van der Waals surface area (Å²) in [5.74, 6) is -0.115. The largest absolute Gasteiger partial charge is 0.508 e. The topological polar surface area (TPSA) is 122 Å². The highest BCUT2D eigenvalue weighted by atomic mass is 16.7. The molecule has 0 fully saturated rings. The quantitative estimate of drug-likeness (QED) is 0.144. The summed E-state index contributed by atoms with van der Waals surface area (Å²) in [6, 6.07) is 18.9. The summed E-state index contributed by atoms with van der Waals surface area (Å²) >= 11 is 0. The lowest BCUT2D eigenvalue weighted by Gasteiger charge is -2.55. The Balaban J connectivity index is 1.32. The molecule has 0 saturated heterocycles. The summed E-state index contributed by atoms with van der Waals surface area (Å²) < 4.78 is 26.8. The SMILES string of the molecule is CC1=C[C@H]2c3c(O)cc(-c4cc5ccc(O)cc5o4)cc3O[C@@]3(c4ccc(O)c5c4OC(C)(C)C=C5)Oc4cc(O)ccc4[C@H](C1)C23. The zero-order chi connectivity index (χ0) is 32.4. The van der Waals surface area contributed by atoms with E-state index in [1.165, 1.54) is 0 Å². The molecule has 4 heterocycles. The molecule has 0 saturated carbocycles. The highest BCUT2D eigenvalue weighted by Crippen LogP contribution is 2.66. The molecular formula is C39H32O8. The summed E-state index contributed by atoms with van der Waals surface area (Å²) in [6.07, 6.45) is 6.67. The summed E-state index contributed by atoms with van der Waals surface area (Å²) in [6.45, 7) is 5.98. The van der Waals surface area contributed by atoms with E-state index >= 15 is 0 Å². The maximum absolute atomic E-state index is 11.8. The van der Waals surface area contributed by atoms with Crippen molar-refractivity contribution < 1.29 is 39.1 Å². The van der Waals surface area contributed by atoms with Crippen molar-refractivity contribution in [1.29, 1.82) is 0 Å². The van der Waals surface area contributed by atoms with Gasteiger partial charge in [0.25, 0.3) is 5.79 Å². The van der Waals surface area contributed by atoms with Gasteiger partial charge in [-0.15, -0.1) is 0 Å². The molecule has 4 aliphatic rings. The van der Waals surface area contributed by atoms with Gasteiger partial charge in [0.2, 0.25) is 0 Å². The van der Waals surface area contributed by atoms with E-state index in [0.717, 1.165) is 22.9 Å². The van der Waals surface area contributed by atoms with E-state index in [1.54, 1.807) is 48.5 Å². The van der Waals surface area contributed by atoms with Gasteiger partial charge in [-0.2, -0.15) is 0 Å². The number of benzene rings is 4. The number of aromatic hydroxyl groups is 4. The molecule has 1 aromatic heterocycles. The van der Waals surface area contributed by atoms with Gasteiger partial charge >= 0.3 is 0 Å². The van der Waals surface area contributed by atoms with Crippen LogP contribution in [0.4, 0.5) is 0 Å². The highest BCUT2D eigenvalue weighted by Gasteiger charge is 2.62. The van der Waals surface area contributed by atoms with E-state index in [1.807, 2.05) is 44.2 Å².